The summed E-state index contributed by atoms with van der Waals surface area (Å²) >= 11 is 1.21. The summed E-state index contributed by atoms with van der Waals surface area (Å²) in [7, 11) is -3.63. The summed E-state index contributed by atoms with van der Waals surface area (Å²) in [5.41, 5.74) is 1.15. The number of sulfonamides is 1. The van der Waals surface area contributed by atoms with Gasteiger partial charge in [0.1, 0.15) is 11.3 Å². The van der Waals surface area contributed by atoms with Crippen LogP contribution in [0, 0.1) is 11.7 Å². The number of para-hydroxylation sites is 1. The number of fused-ring (bicyclic) bond motifs is 1. The molecule has 0 radical (unpaired) electrons. The van der Waals surface area contributed by atoms with Gasteiger partial charge in [-0.25, -0.2) is 17.8 Å². The maximum Gasteiger partial charge on any atom is 0.260 e. The van der Waals surface area contributed by atoms with Crippen molar-refractivity contribution in [3.05, 3.63) is 83.9 Å². The van der Waals surface area contributed by atoms with E-state index < -0.39 is 15.8 Å². The molecule has 0 spiro atoms. The molecule has 0 saturated carbocycles. The lowest BCUT2D eigenvalue weighted by Crippen LogP contribution is -2.39. The van der Waals surface area contributed by atoms with Gasteiger partial charge in [-0.15, -0.1) is 0 Å². The molecule has 2 aromatic heterocycles. The van der Waals surface area contributed by atoms with E-state index in [1.54, 1.807) is 30.5 Å². The van der Waals surface area contributed by atoms with Gasteiger partial charge in [0, 0.05) is 24.8 Å². The van der Waals surface area contributed by atoms with E-state index in [0.29, 0.717) is 40.1 Å². The number of pyridine rings is 1. The molecule has 1 fully saturated rings. The first kappa shape index (κ1) is 24.5. The lowest BCUT2D eigenvalue weighted by molar-refractivity contribution is 0.0984. The molecule has 36 heavy (non-hydrogen) atoms. The van der Waals surface area contributed by atoms with Crippen molar-refractivity contribution in [3.63, 3.8) is 0 Å². The Morgan fingerprint density at radius 2 is 1.94 bits per heavy atom. The lowest BCUT2D eigenvalue weighted by Gasteiger charge is -2.30. The molecule has 4 aromatic rings. The highest BCUT2D eigenvalue weighted by molar-refractivity contribution is 7.89. The van der Waals surface area contributed by atoms with Crippen LogP contribution in [-0.2, 0) is 16.6 Å². The van der Waals surface area contributed by atoms with Crippen molar-refractivity contribution in [2.24, 2.45) is 5.92 Å². The highest BCUT2D eigenvalue weighted by Crippen LogP contribution is 2.32. The second-order valence-electron chi connectivity index (χ2n) is 8.93. The molecule has 1 saturated heterocycles. The summed E-state index contributed by atoms with van der Waals surface area (Å²) in [5, 5.41) is 0.338. The normalized spacial score (nSPS) is 16.8. The van der Waals surface area contributed by atoms with Crippen LogP contribution in [0.4, 0.5) is 9.52 Å². The maximum atomic E-state index is 14.3. The van der Waals surface area contributed by atoms with E-state index in [9.17, 15) is 17.6 Å². The van der Waals surface area contributed by atoms with Crippen molar-refractivity contribution < 1.29 is 17.6 Å². The van der Waals surface area contributed by atoms with Crippen molar-refractivity contribution in [1.29, 1.82) is 0 Å². The number of benzene rings is 2. The Morgan fingerprint density at radius 1 is 1.14 bits per heavy atom. The number of hydrogen-bond acceptors (Lipinski definition) is 6. The number of thiazole rings is 1. The van der Waals surface area contributed by atoms with Crippen molar-refractivity contribution in [3.8, 4) is 0 Å². The van der Waals surface area contributed by atoms with E-state index in [0.717, 1.165) is 12.8 Å². The van der Waals surface area contributed by atoms with Gasteiger partial charge in [0.25, 0.3) is 5.91 Å². The minimum Gasteiger partial charge on any atom is -0.278 e. The van der Waals surface area contributed by atoms with Gasteiger partial charge in [-0.3, -0.25) is 14.7 Å². The second kappa shape index (κ2) is 10.0. The Balaban J connectivity index is 1.46. The first-order valence-electron chi connectivity index (χ1n) is 11.7. The smallest absolute Gasteiger partial charge is 0.260 e. The van der Waals surface area contributed by atoms with Crippen molar-refractivity contribution in [1.82, 2.24) is 14.3 Å². The molecule has 1 amide bonds. The number of anilines is 1. The molecule has 1 aliphatic heterocycles. The van der Waals surface area contributed by atoms with Crippen molar-refractivity contribution in [2.75, 3.05) is 18.0 Å². The Kier molecular flexibility index (Phi) is 6.83. The van der Waals surface area contributed by atoms with Crippen LogP contribution in [0.25, 0.3) is 10.2 Å². The summed E-state index contributed by atoms with van der Waals surface area (Å²) in [5.74, 6) is -0.523. The molecule has 3 heterocycles. The zero-order valence-corrected chi connectivity index (χ0v) is 21.3. The molecule has 1 atom stereocenters. The number of nitrogens with zero attached hydrogens (tertiary/aromatic N) is 4. The first-order chi connectivity index (χ1) is 17.3. The molecular formula is C26H25FN4O3S2. The average Bonchev–Trinajstić information content (AvgIpc) is 3.33. The quantitative estimate of drug-likeness (QED) is 0.351. The van der Waals surface area contributed by atoms with Crippen LogP contribution < -0.4 is 4.90 Å². The van der Waals surface area contributed by atoms with Gasteiger partial charge < -0.3 is 0 Å². The van der Waals surface area contributed by atoms with Crippen LogP contribution in [0.1, 0.15) is 35.8 Å². The monoisotopic (exact) mass is 524 g/mol. The van der Waals surface area contributed by atoms with Crippen LogP contribution in [0.5, 0.6) is 0 Å². The van der Waals surface area contributed by atoms with E-state index in [1.807, 2.05) is 13.0 Å². The van der Waals surface area contributed by atoms with Gasteiger partial charge in [0.2, 0.25) is 10.0 Å². The summed E-state index contributed by atoms with van der Waals surface area (Å²) < 4.78 is 42.7. The van der Waals surface area contributed by atoms with Gasteiger partial charge in [-0.1, -0.05) is 30.4 Å². The number of halogens is 1. The minimum atomic E-state index is -3.63. The standard InChI is InChI=1S/C26H25FN4O3S2/c1-18-6-5-15-30(16-18)36(33,34)21-12-10-19(11-13-21)25(32)31(17-20-7-2-3-14-28-20)26-29-24-22(27)8-4-9-23(24)35-26/h2-4,7-14,18H,5-6,15-17H2,1H3. The number of hydrogen-bond donors (Lipinski definition) is 0. The summed E-state index contributed by atoms with van der Waals surface area (Å²) in [6.45, 7) is 3.18. The van der Waals surface area contributed by atoms with E-state index in [4.69, 9.17) is 0 Å². The first-order valence-corrected chi connectivity index (χ1v) is 14.0. The number of aromatic nitrogens is 2. The molecular weight excluding hydrogens is 499 g/mol. The zero-order valence-electron chi connectivity index (χ0n) is 19.7. The third-order valence-electron chi connectivity index (χ3n) is 6.24. The predicted molar refractivity (Wildman–Crippen MR) is 138 cm³/mol. The fraction of sp³-hybridized carbons (Fsp3) is 0.269. The fourth-order valence-electron chi connectivity index (χ4n) is 4.34. The molecule has 0 N–H and O–H groups in total. The third kappa shape index (κ3) is 4.88. The minimum absolute atomic E-state index is 0.132. The molecule has 0 bridgehead atoms. The molecule has 0 aliphatic carbocycles. The molecule has 186 valence electrons. The summed E-state index contributed by atoms with van der Waals surface area (Å²) in [4.78, 5) is 24.0. The number of carbonyl (C=O) groups excluding carboxylic acids is 1. The third-order valence-corrected chi connectivity index (χ3v) is 9.16. The Bertz CT molecular complexity index is 1490. The predicted octanol–water partition coefficient (Wildman–Crippen LogP) is 5.10. The van der Waals surface area contributed by atoms with Crippen LogP contribution in [0.15, 0.2) is 71.8 Å². The molecule has 1 unspecified atom stereocenters. The van der Waals surface area contributed by atoms with E-state index in [-0.39, 0.29) is 22.9 Å². The SMILES string of the molecule is CC1CCCN(S(=O)(=O)c2ccc(C(=O)N(Cc3ccccn3)c3nc4c(F)cccc4s3)cc2)C1. The topological polar surface area (TPSA) is 83.5 Å². The molecule has 10 heteroatoms. The number of carbonyl (C=O) groups is 1. The van der Waals surface area contributed by atoms with Gasteiger partial charge in [-0.05, 0) is 67.3 Å². The molecule has 7 nitrogen and oxygen atoms in total. The van der Waals surface area contributed by atoms with Crippen molar-refractivity contribution in [2.45, 2.75) is 31.2 Å². The molecule has 5 rings (SSSR count). The molecule has 1 aliphatic rings. The summed E-state index contributed by atoms with van der Waals surface area (Å²) in [6.07, 6.45) is 3.49. The van der Waals surface area contributed by atoms with Gasteiger partial charge in [0.05, 0.1) is 21.8 Å². The van der Waals surface area contributed by atoms with Gasteiger partial charge in [0.15, 0.2) is 5.13 Å². The largest absolute Gasteiger partial charge is 0.278 e. The van der Waals surface area contributed by atoms with Crippen LogP contribution in [0.3, 0.4) is 0 Å². The average molecular weight is 525 g/mol. The highest BCUT2D eigenvalue weighted by atomic mass is 32.2. The number of rotatable bonds is 6. The summed E-state index contributed by atoms with van der Waals surface area (Å²) in [6, 6.07) is 16.1. The zero-order chi connectivity index (χ0) is 25.3. The highest BCUT2D eigenvalue weighted by Gasteiger charge is 2.29. The van der Waals surface area contributed by atoms with Gasteiger partial charge >= 0.3 is 0 Å². The Labute approximate surface area is 213 Å². The maximum absolute atomic E-state index is 14.3. The Morgan fingerprint density at radius 3 is 2.64 bits per heavy atom. The van der Waals surface area contributed by atoms with Crippen LogP contribution in [-0.4, -0.2) is 41.7 Å². The fourth-order valence-corrected chi connectivity index (χ4v) is 6.91. The van der Waals surface area contributed by atoms with Gasteiger partial charge in [-0.2, -0.15) is 4.31 Å². The number of piperidine rings is 1. The number of amides is 1. The lowest BCUT2D eigenvalue weighted by atomic mass is 10.0. The van der Waals surface area contributed by atoms with Crippen molar-refractivity contribution >= 4 is 42.6 Å². The van der Waals surface area contributed by atoms with E-state index >= 15 is 0 Å². The Hall–Kier alpha value is -3.21. The van der Waals surface area contributed by atoms with E-state index in [2.05, 4.69) is 9.97 Å². The second-order valence-corrected chi connectivity index (χ2v) is 11.9. The molecule has 2 aromatic carbocycles. The van der Waals surface area contributed by atoms with Crippen LogP contribution >= 0.6 is 11.3 Å². The van der Waals surface area contributed by atoms with E-state index in [1.165, 1.54) is 50.9 Å². The van der Waals surface area contributed by atoms with Crippen LogP contribution in [0.2, 0.25) is 0 Å².